The SMILES string of the molecule is CC(O)C(C(O)C(CO)OSC1OC(CO)C(O)C(N=C/C(=C\N)c2cc(F)c(F)c(F)c2)C1O)N(N)/C=C(\N)c1csc(=O)[nH]1. The van der Waals surface area contributed by atoms with Crippen LogP contribution >= 0.6 is 23.4 Å². The minimum Gasteiger partial charge on any atom is -0.404 e. The average Bonchev–Trinajstić information content (AvgIpc) is 3.45. The van der Waals surface area contributed by atoms with Gasteiger partial charge in [-0.2, -0.15) is 0 Å². The number of allylic oxidation sites excluding steroid dienone is 1. The summed E-state index contributed by atoms with van der Waals surface area (Å²) < 4.78 is 52.0. The second kappa shape index (κ2) is 16.7. The van der Waals surface area contributed by atoms with E-state index < -0.39 is 84.8 Å². The Labute approximate surface area is 268 Å². The molecule has 1 aromatic carbocycles. The van der Waals surface area contributed by atoms with Crippen molar-refractivity contribution in [1.82, 2.24) is 9.99 Å². The summed E-state index contributed by atoms with van der Waals surface area (Å²) in [5, 5.41) is 65.1. The van der Waals surface area contributed by atoms with Crippen LogP contribution in [-0.2, 0) is 8.92 Å². The van der Waals surface area contributed by atoms with Crippen molar-refractivity contribution >= 4 is 40.9 Å². The van der Waals surface area contributed by atoms with Crippen LogP contribution in [0.25, 0.3) is 11.3 Å². The van der Waals surface area contributed by atoms with Crippen molar-refractivity contribution in [2.24, 2.45) is 22.3 Å². The molecule has 2 heterocycles. The zero-order valence-corrected chi connectivity index (χ0v) is 25.7. The van der Waals surface area contributed by atoms with Crippen molar-refractivity contribution in [1.29, 1.82) is 0 Å². The quantitative estimate of drug-likeness (QED) is 0.0347. The van der Waals surface area contributed by atoms with Crippen molar-refractivity contribution in [2.45, 2.75) is 61.1 Å². The second-order valence-electron chi connectivity index (χ2n) is 10.1. The molecule has 0 bridgehead atoms. The van der Waals surface area contributed by atoms with Gasteiger partial charge in [-0.15, -0.1) is 0 Å². The van der Waals surface area contributed by atoms with E-state index in [1.54, 1.807) is 0 Å². The number of nitrogens with zero attached hydrogens (tertiary/aromatic N) is 2. The average molecular weight is 697 g/mol. The Morgan fingerprint density at radius 1 is 1.24 bits per heavy atom. The number of aliphatic imine (C=N–C) groups is 1. The van der Waals surface area contributed by atoms with Gasteiger partial charge in [0.25, 0.3) is 0 Å². The summed E-state index contributed by atoms with van der Waals surface area (Å²) in [5.74, 6) is 1.37. The molecule has 0 radical (unpaired) electrons. The molecule has 256 valence electrons. The molecular formula is C26H35F3N6O9S2. The van der Waals surface area contributed by atoms with Crippen LogP contribution in [0.1, 0.15) is 18.2 Å². The molecule has 1 saturated heterocycles. The van der Waals surface area contributed by atoms with E-state index >= 15 is 0 Å². The number of hydrogen-bond acceptors (Lipinski definition) is 16. The third-order valence-electron chi connectivity index (χ3n) is 6.87. The lowest BCUT2D eigenvalue weighted by Crippen LogP contribution is -2.58. The highest BCUT2D eigenvalue weighted by molar-refractivity contribution is 7.95. The predicted molar refractivity (Wildman–Crippen MR) is 163 cm³/mol. The van der Waals surface area contributed by atoms with E-state index in [1.807, 2.05) is 0 Å². The fraction of sp³-hybridized carbons (Fsp3) is 0.462. The number of aliphatic hydroxyl groups is 6. The fourth-order valence-corrected chi connectivity index (χ4v) is 5.89. The molecule has 0 spiro atoms. The standard InChI is InChI=1S/C26H35F3N6O9S2/c1-10(38)21(35(32)6-15(31)16-9-45-26(42)34-16)23(40)18(8-37)44-46-25-24(41)20(22(39)17(7-36)43-25)33-5-12(4-30)11-2-13(27)19(29)14(28)3-11/h2-6,9-10,17-18,20-25,36-41H,7-8,30-32H2,1H3,(H,34,42)/b12-4+,15-6-,33-5?. The molecular weight excluding hydrogens is 661 g/mol. The molecule has 1 fully saturated rings. The molecule has 0 saturated carbocycles. The normalized spacial score (nSPS) is 25.4. The van der Waals surface area contributed by atoms with E-state index in [2.05, 4.69) is 9.98 Å². The van der Waals surface area contributed by atoms with E-state index in [0.717, 1.165) is 35.0 Å². The molecule has 46 heavy (non-hydrogen) atoms. The Bertz CT molecular complexity index is 1440. The molecule has 13 N–H and O–H groups in total. The third kappa shape index (κ3) is 8.86. The van der Waals surface area contributed by atoms with Crippen LogP contribution < -0.4 is 22.2 Å². The van der Waals surface area contributed by atoms with Crippen molar-refractivity contribution in [2.75, 3.05) is 13.2 Å². The molecule has 2 aromatic rings. The van der Waals surface area contributed by atoms with Gasteiger partial charge in [-0.25, -0.2) is 19.0 Å². The topological polar surface area (TPSA) is 266 Å². The van der Waals surface area contributed by atoms with Gasteiger partial charge in [-0.05, 0) is 24.6 Å². The van der Waals surface area contributed by atoms with E-state index in [1.165, 1.54) is 12.3 Å². The molecule has 0 amide bonds. The van der Waals surface area contributed by atoms with E-state index in [4.69, 9.17) is 26.2 Å². The number of aromatic amines is 1. The van der Waals surface area contributed by atoms with Gasteiger partial charge in [0.05, 0.1) is 36.8 Å². The Kier molecular flexibility index (Phi) is 13.6. The summed E-state index contributed by atoms with van der Waals surface area (Å²) in [6, 6.07) is -1.43. The van der Waals surface area contributed by atoms with Crippen LogP contribution in [0.15, 0.2) is 39.7 Å². The van der Waals surface area contributed by atoms with Gasteiger partial charge in [0, 0.05) is 41.6 Å². The number of hydrazine groups is 1. The maximum atomic E-state index is 13.8. The number of thiazole rings is 1. The van der Waals surface area contributed by atoms with Crippen molar-refractivity contribution in [3.05, 3.63) is 68.3 Å². The predicted octanol–water partition coefficient (Wildman–Crippen LogP) is -1.70. The number of nitrogens with one attached hydrogen (secondary N) is 1. The van der Waals surface area contributed by atoms with E-state index in [9.17, 15) is 48.6 Å². The van der Waals surface area contributed by atoms with Crippen molar-refractivity contribution < 1.29 is 52.7 Å². The fourth-order valence-electron chi connectivity index (χ4n) is 4.42. The number of aromatic nitrogens is 1. The number of H-pyrrole nitrogens is 1. The van der Waals surface area contributed by atoms with Crippen LogP contribution in [0.5, 0.6) is 0 Å². The molecule has 15 nitrogen and oxygen atoms in total. The minimum absolute atomic E-state index is 0.00388. The molecule has 1 aromatic heterocycles. The van der Waals surface area contributed by atoms with Gasteiger partial charge in [0.15, 0.2) is 22.9 Å². The number of nitrogens with two attached hydrogens (primary N) is 3. The first-order valence-electron chi connectivity index (χ1n) is 13.4. The Morgan fingerprint density at radius 2 is 1.89 bits per heavy atom. The smallest absolute Gasteiger partial charge is 0.304 e. The van der Waals surface area contributed by atoms with Crippen LogP contribution in [0.2, 0.25) is 0 Å². The first-order chi connectivity index (χ1) is 21.7. The van der Waals surface area contributed by atoms with Gasteiger partial charge >= 0.3 is 4.87 Å². The number of ether oxygens (including phenoxy) is 1. The molecule has 1 aliphatic rings. The number of rotatable bonds is 14. The highest BCUT2D eigenvalue weighted by Gasteiger charge is 2.46. The number of benzene rings is 1. The van der Waals surface area contributed by atoms with Gasteiger partial charge in [-0.1, -0.05) is 11.3 Å². The largest absolute Gasteiger partial charge is 0.404 e. The zero-order valence-electron chi connectivity index (χ0n) is 24.1. The lowest BCUT2D eigenvalue weighted by atomic mass is 9.97. The lowest BCUT2D eigenvalue weighted by Gasteiger charge is -2.40. The molecule has 20 heteroatoms. The molecule has 0 aliphatic carbocycles. The van der Waals surface area contributed by atoms with Crippen molar-refractivity contribution in [3.63, 3.8) is 0 Å². The number of hydrogen-bond donors (Lipinski definition) is 10. The number of halogens is 3. The van der Waals surface area contributed by atoms with Crippen LogP contribution in [0.4, 0.5) is 13.2 Å². The first-order valence-corrected chi connectivity index (χ1v) is 15.1. The second-order valence-corrected chi connectivity index (χ2v) is 11.8. The molecule has 3 rings (SSSR count). The van der Waals surface area contributed by atoms with E-state index in [0.29, 0.717) is 24.2 Å². The van der Waals surface area contributed by atoms with Gasteiger partial charge < -0.3 is 61.0 Å². The summed E-state index contributed by atoms with van der Waals surface area (Å²) >= 11 is 1.25. The Balaban J connectivity index is 1.77. The Hall–Kier alpha value is -3.02. The summed E-state index contributed by atoms with van der Waals surface area (Å²) in [6.07, 6.45) is -6.08. The third-order valence-corrected chi connectivity index (χ3v) is 8.48. The van der Waals surface area contributed by atoms with Crippen LogP contribution in [0.3, 0.4) is 0 Å². The van der Waals surface area contributed by atoms with Gasteiger partial charge in [0.2, 0.25) is 0 Å². The number of aliphatic hydroxyl groups excluding tert-OH is 6. The minimum atomic E-state index is -1.70. The van der Waals surface area contributed by atoms with Gasteiger partial charge in [-0.3, -0.25) is 9.79 Å². The summed E-state index contributed by atoms with van der Waals surface area (Å²) in [4.78, 5) is 17.6. The first kappa shape index (κ1) is 37.4. The van der Waals surface area contributed by atoms with Crippen LogP contribution in [-0.4, -0.2) is 114 Å². The highest BCUT2D eigenvalue weighted by Crippen LogP contribution is 2.32. The molecule has 9 atom stereocenters. The molecule has 9 unspecified atom stereocenters. The maximum absolute atomic E-state index is 13.8. The Morgan fingerprint density at radius 3 is 2.41 bits per heavy atom. The van der Waals surface area contributed by atoms with Crippen LogP contribution in [0, 0.1) is 17.5 Å². The summed E-state index contributed by atoms with van der Waals surface area (Å²) in [5.41, 5.74) is 10.0. The zero-order chi connectivity index (χ0) is 34.3. The maximum Gasteiger partial charge on any atom is 0.304 e. The molecule has 1 aliphatic heterocycles. The summed E-state index contributed by atoms with van der Waals surface area (Å²) in [6.45, 7) is -0.269. The van der Waals surface area contributed by atoms with Crippen molar-refractivity contribution in [3.8, 4) is 0 Å². The monoisotopic (exact) mass is 696 g/mol. The lowest BCUT2D eigenvalue weighted by molar-refractivity contribution is -0.161. The van der Waals surface area contributed by atoms with Gasteiger partial charge in [0.1, 0.15) is 36.6 Å². The van der Waals surface area contributed by atoms with E-state index in [-0.39, 0.29) is 27.4 Å². The summed E-state index contributed by atoms with van der Waals surface area (Å²) in [7, 11) is 0. The highest BCUT2D eigenvalue weighted by atomic mass is 32.2.